The molecular weight excluding hydrogens is 432 g/mol. The van der Waals surface area contributed by atoms with E-state index in [4.69, 9.17) is 9.73 Å². The largest absolute Gasteiger partial charge is 0.392 e. The molecule has 1 aliphatic carbocycles. The van der Waals surface area contributed by atoms with Crippen LogP contribution in [0.4, 0.5) is 0 Å². The van der Waals surface area contributed by atoms with E-state index < -0.39 is 35.6 Å². The highest BCUT2D eigenvalue weighted by Crippen LogP contribution is 2.42. The van der Waals surface area contributed by atoms with Gasteiger partial charge in [-0.2, -0.15) is 0 Å². The zero-order valence-electron chi connectivity index (χ0n) is 22.6. The van der Waals surface area contributed by atoms with Crippen molar-refractivity contribution < 1.29 is 25.2 Å². The van der Waals surface area contributed by atoms with Crippen molar-refractivity contribution in [2.24, 2.45) is 22.7 Å². The van der Waals surface area contributed by atoms with Crippen LogP contribution >= 0.6 is 0 Å². The summed E-state index contributed by atoms with van der Waals surface area (Å²) in [5, 5.41) is 47.6. The zero-order valence-corrected chi connectivity index (χ0v) is 22.6. The molecule has 200 valence electrons. The molecule has 34 heavy (non-hydrogen) atoms. The second-order valence-corrected chi connectivity index (χ2v) is 11.3. The van der Waals surface area contributed by atoms with Crippen molar-refractivity contribution in [1.29, 1.82) is 0 Å². The Morgan fingerprint density at radius 3 is 2.24 bits per heavy atom. The van der Waals surface area contributed by atoms with E-state index in [0.29, 0.717) is 25.2 Å². The first-order valence-corrected chi connectivity index (χ1v) is 13.6. The number of rotatable bonds is 11. The van der Waals surface area contributed by atoms with E-state index >= 15 is 0 Å². The Labute approximate surface area is 207 Å². The third-order valence-corrected chi connectivity index (χ3v) is 8.50. The standard InChI is InChI=1S/C27H52N2O5/c1-8-11-19-17(4)14-21(29-18(5)27(33,12-9-2)13-10-3)20(23(19)30)15-22-24(31)25(28-7)26(6,32)16-34-22/h17,19-25,28,30-33H,8-16H2,1-7H3. The van der Waals surface area contributed by atoms with Crippen LogP contribution in [-0.4, -0.2) is 81.4 Å². The van der Waals surface area contributed by atoms with E-state index in [1.807, 2.05) is 6.92 Å². The minimum absolute atomic E-state index is 0.123. The lowest BCUT2D eigenvalue weighted by atomic mass is 9.66. The van der Waals surface area contributed by atoms with Crippen LogP contribution in [0.25, 0.3) is 0 Å². The molecule has 0 spiro atoms. The maximum atomic E-state index is 11.5. The van der Waals surface area contributed by atoms with Crippen molar-refractivity contribution in [2.45, 2.75) is 135 Å². The molecule has 7 nitrogen and oxygen atoms in total. The first kappa shape index (κ1) is 29.7. The third-order valence-electron chi connectivity index (χ3n) is 8.50. The molecule has 0 amide bonds. The van der Waals surface area contributed by atoms with Gasteiger partial charge in [-0.3, -0.25) is 4.99 Å². The number of ether oxygens (including phenoxy) is 1. The predicted octanol–water partition coefficient (Wildman–Crippen LogP) is 3.07. The highest BCUT2D eigenvalue weighted by molar-refractivity contribution is 5.90. The number of nitrogens with one attached hydrogen (secondary N) is 1. The van der Waals surface area contributed by atoms with Gasteiger partial charge in [0.15, 0.2) is 0 Å². The van der Waals surface area contributed by atoms with Crippen LogP contribution in [0.3, 0.4) is 0 Å². The molecule has 0 bridgehead atoms. The first-order chi connectivity index (χ1) is 16.0. The van der Waals surface area contributed by atoms with E-state index in [0.717, 1.165) is 37.8 Å². The highest BCUT2D eigenvalue weighted by Gasteiger charge is 2.49. The van der Waals surface area contributed by atoms with Gasteiger partial charge in [0.2, 0.25) is 0 Å². The lowest BCUT2D eigenvalue weighted by Crippen LogP contribution is -2.65. The molecule has 1 saturated carbocycles. The number of aliphatic hydroxyl groups excluding tert-OH is 2. The summed E-state index contributed by atoms with van der Waals surface area (Å²) in [4.78, 5) is 5.08. The molecule has 9 unspecified atom stereocenters. The number of hydrogen-bond acceptors (Lipinski definition) is 7. The summed E-state index contributed by atoms with van der Waals surface area (Å²) in [7, 11) is 1.73. The van der Waals surface area contributed by atoms with Gasteiger partial charge in [-0.1, -0.05) is 47.0 Å². The minimum Gasteiger partial charge on any atom is -0.392 e. The summed E-state index contributed by atoms with van der Waals surface area (Å²) >= 11 is 0. The van der Waals surface area contributed by atoms with Crippen LogP contribution in [0.1, 0.15) is 92.9 Å². The monoisotopic (exact) mass is 484 g/mol. The van der Waals surface area contributed by atoms with E-state index in [1.165, 1.54) is 0 Å². The van der Waals surface area contributed by atoms with Crippen LogP contribution in [0, 0.1) is 17.8 Å². The normalized spacial score (nSPS) is 39.9. The first-order valence-electron chi connectivity index (χ1n) is 13.6. The van der Waals surface area contributed by atoms with E-state index in [1.54, 1.807) is 14.0 Å². The molecule has 0 aromatic heterocycles. The summed E-state index contributed by atoms with van der Waals surface area (Å²) in [6.07, 6.45) is 4.41. The molecule has 5 N–H and O–H groups in total. The van der Waals surface area contributed by atoms with Gasteiger partial charge in [0.1, 0.15) is 11.2 Å². The van der Waals surface area contributed by atoms with Gasteiger partial charge in [-0.05, 0) is 64.8 Å². The fourth-order valence-electron chi connectivity index (χ4n) is 6.53. The van der Waals surface area contributed by atoms with Gasteiger partial charge in [-0.15, -0.1) is 0 Å². The number of likely N-dealkylation sites (N-methyl/N-ethyl adjacent to an activating group) is 1. The summed E-state index contributed by atoms with van der Waals surface area (Å²) in [6, 6.07) is -0.662. The molecule has 1 aliphatic heterocycles. The smallest absolute Gasteiger partial charge is 0.103 e. The molecule has 9 atom stereocenters. The summed E-state index contributed by atoms with van der Waals surface area (Å²) in [5.74, 6) is 0.312. The molecule has 0 aromatic carbocycles. The molecule has 2 aliphatic rings. The Balaban J connectivity index is 2.36. The van der Waals surface area contributed by atoms with Crippen LogP contribution in [0.5, 0.6) is 0 Å². The number of hydrogen-bond donors (Lipinski definition) is 5. The lowest BCUT2D eigenvalue weighted by Gasteiger charge is -2.48. The molecule has 2 rings (SSSR count). The topological polar surface area (TPSA) is 115 Å². The molecule has 0 radical (unpaired) electrons. The molecule has 0 aromatic rings. The van der Waals surface area contributed by atoms with Gasteiger partial charge in [0, 0.05) is 11.6 Å². The molecule has 1 saturated heterocycles. The Morgan fingerprint density at radius 2 is 1.71 bits per heavy atom. The van der Waals surface area contributed by atoms with Gasteiger partial charge in [-0.25, -0.2) is 0 Å². The quantitative estimate of drug-likeness (QED) is 0.288. The third kappa shape index (κ3) is 6.60. The molecular formula is C27H52N2O5. The van der Waals surface area contributed by atoms with Gasteiger partial charge < -0.3 is 30.5 Å². The Morgan fingerprint density at radius 1 is 1.09 bits per heavy atom. The van der Waals surface area contributed by atoms with E-state index in [-0.39, 0.29) is 24.5 Å². The van der Waals surface area contributed by atoms with Crippen LogP contribution in [0.15, 0.2) is 4.99 Å². The molecule has 1 heterocycles. The SMILES string of the molecule is CCCC1C(C)CC(N=C(C)C(O)(CCC)CCC)C(CC2OCC(C)(O)C(NC)C2O)C1O. The second-order valence-electron chi connectivity index (χ2n) is 11.3. The zero-order chi connectivity index (χ0) is 25.7. The number of aliphatic hydroxyl groups is 4. The van der Waals surface area contributed by atoms with E-state index in [9.17, 15) is 20.4 Å². The summed E-state index contributed by atoms with van der Waals surface area (Å²) in [6.45, 7) is 12.2. The average molecular weight is 485 g/mol. The summed E-state index contributed by atoms with van der Waals surface area (Å²) < 4.78 is 5.96. The maximum absolute atomic E-state index is 11.5. The van der Waals surface area contributed by atoms with Crippen molar-refractivity contribution >= 4 is 5.71 Å². The molecule has 7 heteroatoms. The highest BCUT2D eigenvalue weighted by atomic mass is 16.5. The van der Waals surface area contributed by atoms with Crippen LogP contribution in [-0.2, 0) is 4.74 Å². The van der Waals surface area contributed by atoms with Crippen molar-refractivity contribution in [3.8, 4) is 0 Å². The van der Waals surface area contributed by atoms with Gasteiger partial charge in [0.25, 0.3) is 0 Å². The van der Waals surface area contributed by atoms with Crippen molar-refractivity contribution in [3.05, 3.63) is 0 Å². The van der Waals surface area contributed by atoms with Crippen molar-refractivity contribution in [3.63, 3.8) is 0 Å². The number of aliphatic imine (C=N–C) groups is 1. The van der Waals surface area contributed by atoms with Crippen molar-refractivity contribution in [2.75, 3.05) is 13.7 Å². The Kier molecular flexibility index (Phi) is 11.0. The summed E-state index contributed by atoms with van der Waals surface area (Å²) in [5.41, 5.74) is -1.33. The van der Waals surface area contributed by atoms with Gasteiger partial charge in [0.05, 0.1) is 37.0 Å². The fourth-order valence-corrected chi connectivity index (χ4v) is 6.53. The van der Waals surface area contributed by atoms with Crippen LogP contribution in [0.2, 0.25) is 0 Å². The molecule has 2 fully saturated rings. The van der Waals surface area contributed by atoms with E-state index in [2.05, 4.69) is 33.0 Å². The maximum Gasteiger partial charge on any atom is 0.103 e. The van der Waals surface area contributed by atoms with Crippen molar-refractivity contribution in [1.82, 2.24) is 5.32 Å². The van der Waals surface area contributed by atoms with Gasteiger partial charge >= 0.3 is 0 Å². The Hall–Kier alpha value is -0.570. The lowest BCUT2D eigenvalue weighted by molar-refractivity contribution is -0.191. The van der Waals surface area contributed by atoms with Crippen LogP contribution < -0.4 is 5.32 Å². The Bertz CT molecular complexity index is 649. The fraction of sp³-hybridized carbons (Fsp3) is 0.963. The predicted molar refractivity (Wildman–Crippen MR) is 137 cm³/mol. The minimum atomic E-state index is -1.17. The second kappa shape index (κ2) is 12.6. The number of nitrogens with zero attached hydrogens (tertiary/aromatic N) is 1. The average Bonchev–Trinajstić information content (AvgIpc) is 2.75.